The normalized spacial score (nSPS) is 23.7. The maximum atomic E-state index is 11.3. The molecule has 1 fully saturated rings. The van der Waals surface area contributed by atoms with Crippen LogP contribution in [-0.2, 0) is 4.79 Å². The molecule has 0 bridgehead atoms. The highest BCUT2D eigenvalue weighted by Gasteiger charge is 2.26. The van der Waals surface area contributed by atoms with E-state index in [0.717, 1.165) is 44.9 Å². The minimum atomic E-state index is -0.700. The molecule has 1 atom stereocenters. The molecule has 116 valence electrons. The fraction of sp³-hybridized carbons (Fsp3) is 0.611. The van der Waals surface area contributed by atoms with Crippen LogP contribution in [0, 0.1) is 0 Å². The van der Waals surface area contributed by atoms with Crippen LogP contribution in [0.25, 0.3) is 0 Å². The average molecular weight is 289 g/mol. The van der Waals surface area contributed by atoms with Crippen LogP contribution in [0.5, 0.6) is 0 Å². The molecule has 3 heteroatoms. The summed E-state index contributed by atoms with van der Waals surface area (Å²) in [5.74, 6) is -0.0585. The van der Waals surface area contributed by atoms with E-state index in [2.05, 4.69) is 42.6 Å². The van der Waals surface area contributed by atoms with Crippen molar-refractivity contribution in [3.05, 3.63) is 35.9 Å². The van der Waals surface area contributed by atoms with Gasteiger partial charge in [-0.2, -0.15) is 0 Å². The first-order valence-electron chi connectivity index (χ1n) is 8.24. The first kappa shape index (κ1) is 16.0. The molecule has 3 nitrogen and oxygen atoms in total. The van der Waals surface area contributed by atoms with Crippen molar-refractivity contribution in [2.45, 2.75) is 69.9 Å². The first-order chi connectivity index (χ1) is 10.2. The van der Waals surface area contributed by atoms with Gasteiger partial charge in [0.15, 0.2) is 0 Å². The highest BCUT2D eigenvalue weighted by Crippen LogP contribution is 2.32. The van der Waals surface area contributed by atoms with Gasteiger partial charge >= 0.3 is 5.97 Å². The molecule has 1 saturated carbocycles. The van der Waals surface area contributed by atoms with E-state index in [4.69, 9.17) is 0 Å². The first-order valence-corrected chi connectivity index (χ1v) is 8.24. The predicted molar refractivity (Wildman–Crippen MR) is 85.5 cm³/mol. The van der Waals surface area contributed by atoms with E-state index in [1.165, 1.54) is 5.56 Å². The van der Waals surface area contributed by atoms with Gasteiger partial charge in [-0.3, -0.25) is 4.79 Å². The van der Waals surface area contributed by atoms with Crippen molar-refractivity contribution in [1.29, 1.82) is 0 Å². The van der Waals surface area contributed by atoms with Gasteiger partial charge in [-0.25, -0.2) is 0 Å². The molecule has 1 aromatic carbocycles. The lowest BCUT2D eigenvalue weighted by molar-refractivity contribution is -0.140. The Hall–Kier alpha value is -1.35. The van der Waals surface area contributed by atoms with E-state index < -0.39 is 5.97 Å². The van der Waals surface area contributed by atoms with Crippen LogP contribution >= 0.6 is 0 Å². The van der Waals surface area contributed by atoms with Crippen molar-refractivity contribution in [3.8, 4) is 0 Å². The van der Waals surface area contributed by atoms with Crippen molar-refractivity contribution >= 4 is 5.97 Å². The molecule has 2 rings (SSSR count). The number of aliphatic carboxylic acids is 1. The third kappa shape index (κ3) is 4.85. The van der Waals surface area contributed by atoms with Crippen molar-refractivity contribution in [1.82, 2.24) is 5.32 Å². The summed E-state index contributed by atoms with van der Waals surface area (Å²) >= 11 is 0. The Morgan fingerprint density at radius 3 is 2.48 bits per heavy atom. The molecular weight excluding hydrogens is 262 g/mol. The quantitative estimate of drug-likeness (QED) is 0.799. The van der Waals surface area contributed by atoms with Crippen molar-refractivity contribution in [3.63, 3.8) is 0 Å². The van der Waals surface area contributed by atoms with Gasteiger partial charge < -0.3 is 10.4 Å². The van der Waals surface area contributed by atoms with Crippen molar-refractivity contribution < 1.29 is 9.90 Å². The Balaban J connectivity index is 1.81. The Morgan fingerprint density at radius 2 is 1.90 bits per heavy atom. The van der Waals surface area contributed by atoms with Crippen LogP contribution in [0.1, 0.15) is 63.4 Å². The topological polar surface area (TPSA) is 49.3 Å². The van der Waals surface area contributed by atoms with Crippen LogP contribution in [0.3, 0.4) is 0 Å². The molecule has 1 aromatic rings. The third-order valence-corrected chi connectivity index (χ3v) is 4.58. The lowest BCUT2D eigenvalue weighted by Crippen LogP contribution is -2.44. The molecule has 0 heterocycles. The lowest BCUT2D eigenvalue weighted by atomic mass is 9.81. The van der Waals surface area contributed by atoms with Gasteiger partial charge in [-0.15, -0.1) is 0 Å². The van der Waals surface area contributed by atoms with Gasteiger partial charge in [0, 0.05) is 6.04 Å². The largest absolute Gasteiger partial charge is 0.480 e. The summed E-state index contributed by atoms with van der Waals surface area (Å²) in [6, 6.07) is 10.7. The van der Waals surface area contributed by atoms with E-state index in [0.29, 0.717) is 12.0 Å². The number of carbonyl (C=O) groups is 1. The lowest BCUT2D eigenvalue weighted by Gasteiger charge is -2.31. The van der Waals surface area contributed by atoms with Gasteiger partial charge in [0.05, 0.1) is 0 Å². The smallest absolute Gasteiger partial charge is 0.320 e. The van der Waals surface area contributed by atoms with E-state index in [1.54, 1.807) is 0 Å². The second kappa shape index (κ2) is 8.18. The van der Waals surface area contributed by atoms with Gasteiger partial charge in [-0.1, -0.05) is 50.1 Å². The number of hydrogen-bond donors (Lipinski definition) is 2. The Morgan fingerprint density at radius 1 is 1.24 bits per heavy atom. The van der Waals surface area contributed by atoms with E-state index in [9.17, 15) is 9.90 Å². The van der Waals surface area contributed by atoms with E-state index in [-0.39, 0.29) is 6.04 Å². The fourth-order valence-corrected chi connectivity index (χ4v) is 3.29. The molecule has 21 heavy (non-hydrogen) atoms. The second-order valence-corrected chi connectivity index (χ2v) is 6.16. The summed E-state index contributed by atoms with van der Waals surface area (Å²) in [6.45, 7) is 2.10. The number of carboxylic acid groups (broad SMARTS) is 1. The summed E-state index contributed by atoms with van der Waals surface area (Å²) < 4.78 is 0. The third-order valence-electron chi connectivity index (χ3n) is 4.58. The van der Waals surface area contributed by atoms with Gasteiger partial charge in [0.2, 0.25) is 0 Å². The molecule has 1 aliphatic rings. The highest BCUT2D eigenvalue weighted by molar-refractivity contribution is 5.73. The highest BCUT2D eigenvalue weighted by atomic mass is 16.4. The number of carboxylic acids is 1. The summed E-state index contributed by atoms with van der Waals surface area (Å²) in [5.41, 5.74) is 1.43. The number of hydrogen-bond acceptors (Lipinski definition) is 2. The summed E-state index contributed by atoms with van der Waals surface area (Å²) in [4.78, 5) is 11.3. The van der Waals surface area contributed by atoms with E-state index in [1.807, 2.05) is 0 Å². The van der Waals surface area contributed by atoms with Crippen LogP contribution in [0.2, 0.25) is 0 Å². The maximum absolute atomic E-state index is 11.3. The molecular formula is C18H27NO2. The van der Waals surface area contributed by atoms with Crippen molar-refractivity contribution in [2.24, 2.45) is 0 Å². The van der Waals surface area contributed by atoms with E-state index >= 15 is 0 Å². The van der Waals surface area contributed by atoms with Crippen molar-refractivity contribution in [2.75, 3.05) is 0 Å². The standard InChI is InChI=1S/C18H27NO2/c1-2-3-9-17(18(20)21)19-16-12-10-15(11-13-16)14-7-5-4-6-8-14/h4-8,15-17,19H,2-3,9-13H2,1H3,(H,20,21)/t15?,16?,17-/m0/s1. The zero-order valence-corrected chi connectivity index (χ0v) is 12.9. The fourth-order valence-electron chi connectivity index (χ4n) is 3.29. The number of nitrogens with one attached hydrogen (secondary N) is 1. The molecule has 0 aromatic heterocycles. The number of benzene rings is 1. The zero-order chi connectivity index (χ0) is 15.1. The minimum Gasteiger partial charge on any atom is -0.480 e. The summed E-state index contributed by atoms with van der Waals surface area (Å²) in [7, 11) is 0. The Bertz CT molecular complexity index is 424. The van der Waals surface area contributed by atoms with Crippen LogP contribution in [-0.4, -0.2) is 23.2 Å². The zero-order valence-electron chi connectivity index (χ0n) is 12.9. The Labute approximate surface area is 127 Å². The summed E-state index contributed by atoms with van der Waals surface area (Å²) in [6.07, 6.45) is 7.23. The summed E-state index contributed by atoms with van der Waals surface area (Å²) in [5, 5.41) is 12.7. The Kier molecular flexibility index (Phi) is 6.24. The molecule has 2 N–H and O–H groups in total. The SMILES string of the molecule is CCCC[C@H](NC1CCC(c2ccccc2)CC1)C(=O)O. The minimum absolute atomic E-state index is 0.364. The van der Waals surface area contributed by atoms with Crippen LogP contribution < -0.4 is 5.32 Å². The molecule has 0 spiro atoms. The maximum Gasteiger partial charge on any atom is 0.320 e. The number of rotatable bonds is 7. The van der Waals surface area contributed by atoms with Crippen LogP contribution in [0.15, 0.2) is 30.3 Å². The molecule has 0 unspecified atom stereocenters. The predicted octanol–water partition coefficient (Wildman–Crippen LogP) is 3.95. The molecule has 0 radical (unpaired) electrons. The molecule has 1 aliphatic carbocycles. The van der Waals surface area contributed by atoms with Gasteiger partial charge in [0.25, 0.3) is 0 Å². The van der Waals surface area contributed by atoms with Crippen LogP contribution in [0.4, 0.5) is 0 Å². The molecule has 0 saturated heterocycles. The van der Waals surface area contributed by atoms with Gasteiger partial charge in [0.1, 0.15) is 6.04 Å². The molecule has 0 aliphatic heterocycles. The van der Waals surface area contributed by atoms with Gasteiger partial charge in [-0.05, 0) is 43.6 Å². The second-order valence-electron chi connectivity index (χ2n) is 6.16. The number of unbranched alkanes of at least 4 members (excludes halogenated alkanes) is 1. The average Bonchev–Trinajstić information content (AvgIpc) is 2.52. The molecule has 0 amide bonds. The monoisotopic (exact) mass is 289 g/mol.